The Hall–Kier alpha value is -2.30. The first-order valence-electron chi connectivity index (χ1n) is 8.76. The van der Waals surface area contributed by atoms with Crippen LogP contribution in [0.3, 0.4) is 0 Å². The highest BCUT2D eigenvalue weighted by molar-refractivity contribution is 5.93. The van der Waals surface area contributed by atoms with Crippen molar-refractivity contribution in [2.45, 2.75) is 45.4 Å². The molecule has 1 amide bonds. The molecule has 0 bridgehead atoms. The lowest BCUT2D eigenvalue weighted by Crippen LogP contribution is -2.39. The number of benzene rings is 1. The average molecular weight is 325 g/mol. The van der Waals surface area contributed by atoms with Gasteiger partial charge in [-0.15, -0.1) is 0 Å². The highest BCUT2D eigenvalue weighted by Crippen LogP contribution is 2.32. The van der Waals surface area contributed by atoms with E-state index in [0.29, 0.717) is 18.2 Å². The van der Waals surface area contributed by atoms with Crippen LogP contribution in [0.4, 0.5) is 0 Å². The summed E-state index contributed by atoms with van der Waals surface area (Å²) in [6, 6.07) is 11.9. The van der Waals surface area contributed by atoms with E-state index in [4.69, 9.17) is 4.74 Å². The van der Waals surface area contributed by atoms with E-state index in [9.17, 15) is 4.79 Å². The minimum absolute atomic E-state index is 0.116. The Labute approximate surface area is 142 Å². The van der Waals surface area contributed by atoms with Gasteiger partial charge in [-0.1, -0.05) is 18.2 Å². The van der Waals surface area contributed by atoms with Gasteiger partial charge in [0.1, 0.15) is 23.7 Å². The Kier molecular flexibility index (Phi) is 4.00. The van der Waals surface area contributed by atoms with Crippen LogP contribution in [-0.4, -0.2) is 33.2 Å². The summed E-state index contributed by atoms with van der Waals surface area (Å²) in [6.07, 6.45) is 3.46. The molecule has 0 N–H and O–H groups in total. The number of amides is 1. The van der Waals surface area contributed by atoms with Crippen LogP contribution >= 0.6 is 0 Å². The van der Waals surface area contributed by atoms with Crippen LogP contribution < -0.4 is 4.74 Å². The van der Waals surface area contributed by atoms with Crippen molar-refractivity contribution in [3.8, 4) is 5.75 Å². The Morgan fingerprint density at radius 3 is 2.75 bits per heavy atom. The highest BCUT2D eigenvalue weighted by Gasteiger charge is 2.33. The molecule has 0 radical (unpaired) electrons. The molecule has 24 heavy (non-hydrogen) atoms. The molecule has 1 saturated carbocycles. The molecule has 1 aromatic carbocycles. The van der Waals surface area contributed by atoms with Gasteiger partial charge in [0.05, 0.1) is 0 Å². The van der Waals surface area contributed by atoms with Crippen molar-refractivity contribution < 1.29 is 9.53 Å². The summed E-state index contributed by atoms with van der Waals surface area (Å²) in [7, 11) is 0. The van der Waals surface area contributed by atoms with E-state index in [1.807, 2.05) is 46.0 Å². The van der Waals surface area contributed by atoms with Crippen LogP contribution in [0.15, 0.2) is 36.4 Å². The number of ether oxygens (including phenoxy) is 1. The van der Waals surface area contributed by atoms with Crippen LogP contribution in [0.25, 0.3) is 0 Å². The van der Waals surface area contributed by atoms with Crippen LogP contribution in [0.2, 0.25) is 0 Å². The van der Waals surface area contributed by atoms with Gasteiger partial charge in [-0.25, -0.2) is 0 Å². The summed E-state index contributed by atoms with van der Waals surface area (Å²) in [6.45, 7) is 4.21. The van der Waals surface area contributed by atoms with Crippen molar-refractivity contribution in [2.75, 3.05) is 6.54 Å². The molecule has 1 aliphatic carbocycles. The fraction of sp³-hybridized carbons (Fsp3) is 0.474. The van der Waals surface area contributed by atoms with Gasteiger partial charge in [-0.2, -0.15) is 5.10 Å². The van der Waals surface area contributed by atoms with Crippen molar-refractivity contribution in [1.29, 1.82) is 0 Å². The lowest BCUT2D eigenvalue weighted by Gasteiger charge is -2.26. The molecule has 126 valence electrons. The normalized spacial score (nSPS) is 20.6. The predicted molar refractivity (Wildman–Crippen MR) is 90.8 cm³/mol. The summed E-state index contributed by atoms with van der Waals surface area (Å²) in [5.41, 5.74) is 1.51. The summed E-state index contributed by atoms with van der Waals surface area (Å²) in [5, 5.41) is 4.58. The van der Waals surface area contributed by atoms with Gasteiger partial charge in [0.2, 0.25) is 0 Å². The molecule has 2 aromatic rings. The number of rotatable bonds is 5. The molecule has 4 rings (SSSR count). The number of nitrogens with zero attached hydrogens (tertiary/aromatic N) is 3. The molecule has 5 nitrogen and oxygen atoms in total. The molecule has 0 saturated heterocycles. The zero-order valence-corrected chi connectivity index (χ0v) is 14.0. The molecule has 2 heterocycles. The molecule has 1 atom stereocenters. The quantitative estimate of drug-likeness (QED) is 0.848. The molecule has 5 heteroatoms. The Balaban J connectivity index is 1.50. The zero-order chi connectivity index (χ0) is 16.5. The number of carbonyl (C=O) groups is 1. The van der Waals surface area contributed by atoms with Crippen LogP contribution in [0, 0.1) is 5.92 Å². The topological polar surface area (TPSA) is 47.4 Å². The Bertz CT molecular complexity index is 721. The van der Waals surface area contributed by atoms with Crippen LogP contribution in [0.1, 0.15) is 42.4 Å². The molecule has 1 aromatic heterocycles. The number of para-hydroxylation sites is 1. The maximum absolute atomic E-state index is 12.9. The number of carbonyl (C=O) groups excluding carboxylic acids is 1. The molecular weight excluding hydrogens is 302 g/mol. The fourth-order valence-corrected chi connectivity index (χ4v) is 3.21. The smallest absolute Gasteiger partial charge is 0.272 e. The van der Waals surface area contributed by atoms with Crippen molar-refractivity contribution in [3.63, 3.8) is 0 Å². The van der Waals surface area contributed by atoms with E-state index >= 15 is 0 Å². The third kappa shape index (κ3) is 3.16. The number of hydrogen-bond acceptors (Lipinski definition) is 3. The Morgan fingerprint density at radius 1 is 1.21 bits per heavy atom. The van der Waals surface area contributed by atoms with E-state index < -0.39 is 0 Å². The van der Waals surface area contributed by atoms with Gasteiger partial charge in [0.25, 0.3) is 5.91 Å². The third-order valence-electron chi connectivity index (χ3n) is 4.88. The highest BCUT2D eigenvalue weighted by atomic mass is 16.5. The summed E-state index contributed by atoms with van der Waals surface area (Å²) < 4.78 is 7.61. The molecule has 1 unspecified atom stereocenters. The largest absolute Gasteiger partial charge is 0.487 e. The minimum atomic E-state index is 0.116. The maximum Gasteiger partial charge on any atom is 0.272 e. The molecule has 1 fully saturated rings. The first-order valence-corrected chi connectivity index (χ1v) is 8.76. The molecular formula is C19H23N3O2. The van der Waals surface area contributed by atoms with Crippen molar-refractivity contribution in [3.05, 3.63) is 47.8 Å². The van der Waals surface area contributed by atoms with E-state index in [0.717, 1.165) is 31.0 Å². The SMILES string of the molecule is CC1CCn2nc(COc3ccccc3)cc2C(=O)N1CC1CC1. The number of hydrogen-bond donors (Lipinski definition) is 0. The molecule has 1 aliphatic heterocycles. The average Bonchev–Trinajstić information content (AvgIpc) is 3.35. The fourth-order valence-electron chi connectivity index (χ4n) is 3.21. The second-order valence-corrected chi connectivity index (χ2v) is 6.88. The zero-order valence-electron chi connectivity index (χ0n) is 14.0. The lowest BCUT2D eigenvalue weighted by atomic mass is 10.2. The van der Waals surface area contributed by atoms with Gasteiger partial charge in [0.15, 0.2) is 0 Å². The van der Waals surface area contributed by atoms with Crippen molar-refractivity contribution >= 4 is 5.91 Å². The maximum atomic E-state index is 12.9. The van der Waals surface area contributed by atoms with Gasteiger partial charge in [-0.05, 0) is 50.3 Å². The summed E-state index contributed by atoms with van der Waals surface area (Å²) >= 11 is 0. The lowest BCUT2D eigenvalue weighted by molar-refractivity contribution is 0.0684. The van der Waals surface area contributed by atoms with Gasteiger partial charge in [-0.3, -0.25) is 9.48 Å². The second-order valence-electron chi connectivity index (χ2n) is 6.88. The van der Waals surface area contributed by atoms with Crippen LogP contribution in [-0.2, 0) is 13.2 Å². The summed E-state index contributed by atoms with van der Waals surface area (Å²) in [4.78, 5) is 15.0. The number of aryl methyl sites for hydroxylation is 1. The van der Waals surface area contributed by atoms with Gasteiger partial charge >= 0.3 is 0 Å². The predicted octanol–water partition coefficient (Wildman–Crippen LogP) is 3.11. The number of fused-ring (bicyclic) bond motifs is 1. The van der Waals surface area contributed by atoms with E-state index in [-0.39, 0.29) is 11.9 Å². The number of aromatic nitrogens is 2. The van der Waals surface area contributed by atoms with Crippen molar-refractivity contribution in [2.24, 2.45) is 5.92 Å². The standard InChI is InChI=1S/C19H23N3O2/c1-14-9-10-22-18(19(23)21(14)12-15-7-8-15)11-16(20-22)13-24-17-5-3-2-4-6-17/h2-6,11,14-15H,7-10,12-13H2,1H3. The van der Waals surface area contributed by atoms with Gasteiger partial charge < -0.3 is 9.64 Å². The molecule has 2 aliphatic rings. The Morgan fingerprint density at radius 2 is 2.00 bits per heavy atom. The van der Waals surface area contributed by atoms with Gasteiger partial charge in [0, 0.05) is 19.1 Å². The monoisotopic (exact) mass is 325 g/mol. The van der Waals surface area contributed by atoms with Crippen molar-refractivity contribution in [1.82, 2.24) is 14.7 Å². The summed E-state index contributed by atoms with van der Waals surface area (Å²) in [5.74, 6) is 1.63. The third-order valence-corrected chi connectivity index (χ3v) is 4.88. The van der Waals surface area contributed by atoms with E-state index in [1.165, 1.54) is 12.8 Å². The van der Waals surface area contributed by atoms with E-state index in [2.05, 4.69) is 12.0 Å². The minimum Gasteiger partial charge on any atom is -0.487 e. The molecule has 0 spiro atoms. The first kappa shape index (κ1) is 15.2. The first-order chi connectivity index (χ1) is 11.7. The van der Waals surface area contributed by atoms with E-state index in [1.54, 1.807) is 0 Å². The van der Waals surface area contributed by atoms with Crippen LogP contribution in [0.5, 0.6) is 5.75 Å². The second kappa shape index (κ2) is 6.30.